The number of nitrogens with one attached hydrogen (secondary N) is 1. The van der Waals surface area contributed by atoms with Gasteiger partial charge in [0.2, 0.25) is 0 Å². The number of benzene rings is 2. The van der Waals surface area contributed by atoms with Crippen molar-refractivity contribution >= 4 is 17.4 Å². The molecule has 0 amide bonds. The fraction of sp³-hybridized carbons (Fsp3) is 0.292. The van der Waals surface area contributed by atoms with Gasteiger partial charge in [-0.1, -0.05) is 17.7 Å². The quantitative estimate of drug-likeness (QED) is 0.387. The number of hydrogen-bond donors (Lipinski definition) is 2. The molecule has 164 valence electrons. The standard InChI is InChI=1S/C24H26ClFN2O3/c1-15(2)31-11-5-10-27-23-13-16(24-19(25)6-4-7-20(24)26)12-21(28-23)18-9-8-17(30-3)14-22(18)29/h4,6-9,12-15,29H,5,10-11H2,1-3H3,(H,27,28). The number of phenolic OH excluding ortho intramolecular Hbond substituents is 1. The van der Waals surface area contributed by atoms with E-state index in [2.05, 4.69) is 10.3 Å². The van der Waals surface area contributed by atoms with Crippen molar-refractivity contribution in [2.75, 3.05) is 25.6 Å². The third kappa shape index (κ3) is 5.87. The molecule has 0 aliphatic rings. The molecule has 0 aliphatic carbocycles. The van der Waals surface area contributed by atoms with Gasteiger partial charge in [0, 0.05) is 30.3 Å². The summed E-state index contributed by atoms with van der Waals surface area (Å²) in [7, 11) is 1.53. The highest BCUT2D eigenvalue weighted by Gasteiger charge is 2.15. The average Bonchev–Trinajstić information content (AvgIpc) is 2.73. The van der Waals surface area contributed by atoms with Gasteiger partial charge in [-0.25, -0.2) is 9.37 Å². The molecule has 0 atom stereocenters. The molecular formula is C24H26ClFN2O3. The van der Waals surface area contributed by atoms with Crippen molar-refractivity contribution in [2.24, 2.45) is 0 Å². The molecule has 3 aromatic rings. The minimum absolute atomic E-state index is 0.0138. The number of hydrogen-bond acceptors (Lipinski definition) is 5. The smallest absolute Gasteiger partial charge is 0.132 e. The second-order valence-corrected chi connectivity index (χ2v) is 7.71. The summed E-state index contributed by atoms with van der Waals surface area (Å²) in [4.78, 5) is 4.62. The van der Waals surface area contributed by atoms with Crippen molar-refractivity contribution in [1.29, 1.82) is 0 Å². The zero-order valence-electron chi connectivity index (χ0n) is 17.8. The lowest BCUT2D eigenvalue weighted by molar-refractivity contribution is 0.0787. The lowest BCUT2D eigenvalue weighted by atomic mass is 10.0. The molecule has 31 heavy (non-hydrogen) atoms. The van der Waals surface area contributed by atoms with Crippen LogP contribution >= 0.6 is 11.6 Å². The second kappa shape index (κ2) is 10.5. The van der Waals surface area contributed by atoms with Gasteiger partial charge in [0.25, 0.3) is 0 Å². The lowest BCUT2D eigenvalue weighted by Gasteiger charge is -2.14. The number of aromatic nitrogens is 1. The van der Waals surface area contributed by atoms with Crippen LogP contribution in [0.3, 0.4) is 0 Å². The number of ether oxygens (including phenoxy) is 2. The predicted molar refractivity (Wildman–Crippen MR) is 122 cm³/mol. The third-order valence-corrected chi connectivity index (χ3v) is 4.95. The summed E-state index contributed by atoms with van der Waals surface area (Å²) >= 11 is 6.30. The van der Waals surface area contributed by atoms with Crippen LogP contribution < -0.4 is 10.1 Å². The normalized spacial score (nSPS) is 11.0. The van der Waals surface area contributed by atoms with Gasteiger partial charge in [-0.15, -0.1) is 0 Å². The van der Waals surface area contributed by atoms with E-state index in [9.17, 15) is 9.50 Å². The minimum atomic E-state index is -0.431. The Bertz CT molecular complexity index is 1020. The zero-order valence-corrected chi connectivity index (χ0v) is 18.5. The lowest BCUT2D eigenvalue weighted by Crippen LogP contribution is -2.10. The van der Waals surface area contributed by atoms with E-state index in [0.29, 0.717) is 46.6 Å². The zero-order chi connectivity index (χ0) is 22.4. The Hall–Kier alpha value is -2.83. The second-order valence-electron chi connectivity index (χ2n) is 7.31. The highest BCUT2D eigenvalue weighted by molar-refractivity contribution is 6.33. The van der Waals surface area contributed by atoms with Crippen molar-refractivity contribution in [2.45, 2.75) is 26.4 Å². The van der Waals surface area contributed by atoms with Gasteiger partial charge < -0.3 is 19.9 Å². The van der Waals surface area contributed by atoms with Gasteiger partial charge >= 0.3 is 0 Å². The van der Waals surface area contributed by atoms with Crippen LogP contribution in [-0.4, -0.2) is 36.5 Å². The number of phenols is 1. The summed E-state index contributed by atoms with van der Waals surface area (Å²) in [6, 6.07) is 13.0. The van der Waals surface area contributed by atoms with Crippen molar-refractivity contribution < 1.29 is 19.0 Å². The maximum Gasteiger partial charge on any atom is 0.132 e. The van der Waals surface area contributed by atoms with Crippen molar-refractivity contribution in [3.05, 3.63) is 59.4 Å². The van der Waals surface area contributed by atoms with E-state index < -0.39 is 5.82 Å². The van der Waals surface area contributed by atoms with Crippen LogP contribution in [0, 0.1) is 5.82 Å². The van der Waals surface area contributed by atoms with E-state index in [0.717, 1.165) is 6.42 Å². The van der Waals surface area contributed by atoms with Gasteiger partial charge in [0.1, 0.15) is 23.1 Å². The number of anilines is 1. The first-order chi connectivity index (χ1) is 14.9. The van der Waals surface area contributed by atoms with Crippen LogP contribution in [0.4, 0.5) is 10.2 Å². The van der Waals surface area contributed by atoms with Crippen LogP contribution in [0.15, 0.2) is 48.5 Å². The summed E-state index contributed by atoms with van der Waals surface area (Å²) in [5.74, 6) is 0.657. The number of nitrogens with zero attached hydrogens (tertiary/aromatic N) is 1. The Morgan fingerprint density at radius 2 is 1.97 bits per heavy atom. The van der Waals surface area contributed by atoms with E-state index in [1.807, 2.05) is 13.8 Å². The summed E-state index contributed by atoms with van der Waals surface area (Å²) < 4.78 is 25.3. The summed E-state index contributed by atoms with van der Waals surface area (Å²) in [5, 5.41) is 14.0. The highest BCUT2D eigenvalue weighted by Crippen LogP contribution is 2.37. The first-order valence-electron chi connectivity index (χ1n) is 10.1. The van der Waals surface area contributed by atoms with Crippen LogP contribution in [-0.2, 0) is 4.74 Å². The predicted octanol–water partition coefficient (Wildman–Crippen LogP) is 6.15. The molecule has 0 saturated heterocycles. The van der Waals surface area contributed by atoms with Gasteiger partial charge in [-0.3, -0.25) is 0 Å². The first-order valence-corrected chi connectivity index (χ1v) is 10.5. The Kier molecular flexibility index (Phi) is 7.71. The van der Waals surface area contributed by atoms with E-state index >= 15 is 0 Å². The van der Waals surface area contributed by atoms with E-state index in [4.69, 9.17) is 21.1 Å². The molecule has 0 fully saturated rings. The SMILES string of the molecule is COc1ccc(-c2cc(-c3c(F)cccc3Cl)cc(NCCCOC(C)C)n2)c(O)c1. The summed E-state index contributed by atoms with van der Waals surface area (Å²) in [6.07, 6.45) is 0.961. The number of halogens is 2. The van der Waals surface area contributed by atoms with Crippen LogP contribution in [0.2, 0.25) is 5.02 Å². The molecule has 5 nitrogen and oxygen atoms in total. The molecule has 2 N–H and O–H groups in total. The Labute approximate surface area is 186 Å². The summed E-state index contributed by atoms with van der Waals surface area (Å²) in [6.45, 7) is 5.23. The Balaban J connectivity index is 1.98. The fourth-order valence-corrected chi connectivity index (χ4v) is 3.41. The largest absolute Gasteiger partial charge is 0.507 e. The first kappa shape index (κ1) is 22.8. The van der Waals surface area contributed by atoms with Crippen molar-refractivity contribution in [1.82, 2.24) is 4.98 Å². The molecule has 0 spiro atoms. The number of rotatable bonds is 9. The minimum Gasteiger partial charge on any atom is -0.507 e. The molecular weight excluding hydrogens is 419 g/mol. The number of aromatic hydroxyl groups is 1. The molecule has 0 radical (unpaired) electrons. The number of methoxy groups -OCH3 is 1. The molecule has 7 heteroatoms. The summed E-state index contributed by atoms with van der Waals surface area (Å²) in [5.41, 5.74) is 1.83. The van der Waals surface area contributed by atoms with Crippen molar-refractivity contribution in [3.63, 3.8) is 0 Å². The van der Waals surface area contributed by atoms with Gasteiger partial charge in [-0.05, 0) is 62.2 Å². The van der Waals surface area contributed by atoms with E-state index in [1.54, 1.807) is 36.4 Å². The highest BCUT2D eigenvalue weighted by atomic mass is 35.5. The van der Waals surface area contributed by atoms with Gasteiger partial charge in [0.05, 0.1) is 23.9 Å². The maximum absolute atomic E-state index is 14.6. The van der Waals surface area contributed by atoms with E-state index in [-0.39, 0.29) is 17.4 Å². The molecule has 3 rings (SSSR count). The molecule has 2 aromatic carbocycles. The topological polar surface area (TPSA) is 63.6 Å². The third-order valence-electron chi connectivity index (χ3n) is 4.64. The number of pyridine rings is 1. The van der Waals surface area contributed by atoms with Gasteiger partial charge in [-0.2, -0.15) is 0 Å². The molecule has 1 aromatic heterocycles. The molecule has 1 heterocycles. The van der Waals surface area contributed by atoms with Crippen molar-refractivity contribution in [3.8, 4) is 33.9 Å². The monoisotopic (exact) mass is 444 g/mol. The molecule has 0 unspecified atom stereocenters. The van der Waals surface area contributed by atoms with Gasteiger partial charge in [0.15, 0.2) is 0 Å². The molecule has 0 aliphatic heterocycles. The molecule has 0 saturated carbocycles. The van der Waals surface area contributed by atoms with Crippen LogP contribution in [0.5, 0.6) is 11.5 Å². The van der Waals surface area contributed by atoms with Crippen LogP contribution in [0.25, 0.3) is 22.4 Å². The average molecular weight is 445 g/mol. The Morgan fingerprint density at radius 3 is 2.65 bits per heavy atom. The van der Waals surface area contributed by atoms with E-state index in [1.165, 1.54) is 19.2 Å². The van der Waals surface area contributed by atoms with Crippen LogP contribution in [0.1, 0.15) is 20.3 Å². The maximum atomic E-state index is 14.6. The fourth-order valence-electron chi connectivity index (χ4n) is 3.14. The Morgan fingerprint density at radius 1 is 1.16 bits per heavy atom. The molecule has 0 bridgehead atoms.